The van der Waals surface area contributed by atoms with E-state index in [2.05, 4.69) is 11.1 Å². The smallest absolute Gasteiger partial charge is 0.0734 e. The molecule has 0 saturated heterocycles. The first-order chi connectivity index (χ1) is 8.83. The van der Waals surface area contributed by atoms with Gasteiger partial charge in [0.05, 0.1) is 5.38 Å². The van der Waals surface area contributed by atoms with Gasteiger partial charge in [0.2, 0.25) is 0 Å². The van der Waals surface area contributed by atoms with Gasteiger partial charge >= 0.3 is 0 Å². The van der Waals surface area contributed by atoms with Crippen LogP contribution in [0.5, 0.6) is 0 Å². The van der Waals surface area contributed by atoms with Gasteiger partial charge < -0.3 is 0 Å². The second kappa shape index (κ2) is 5.64. The Kier molecular flexibility index (Phi) is 3.92. The topological polar surface area (TPSA) is 12.9 Å². The van der Waals surface area contributed by atoms with E-state index in [-0.39, 0.29) is 5.38 Å². The van der Waals surface area contributed by atoms with Gasteiger partial charge in [0.15, 0.2) is 0 Å². The van der Waals surface area contributed by atoms with Gasteiger partial charge in [0, 0.05) is 33.8 Å². The Morgan fingerprint density at radius 1 is 1.39 bits per heavy atom. The standard InChI is InChI=1S/C14H14ClNS2/c15-12(8-11-3-1-2-5-16-11)14-7-10-9-17-6-4-13(10)18-14/h1-3,5,7,12H,4,6,8-9H2. The monoisotopic (exact) mass is 295 g/mol. The average molecular weight is 296 g/mol. The van der Waals surface area contributed by atoms with Crippen LogP contribution in [0.4, 0.5) is 0 Å². The molecular weight excluding hydrogens is 282 g/mol. The van der Waals surface area contributed by atoms with Crippen molar-refractivity contribution in [2.24, 2.45) is 0 Å². The number of alkyl halides is 1. The van der Waals surface area contributed by atoms with Crippen molar-refractivity contribution in [3.63, 3.8) is 0 Å². The van der Waals surface area contributed by atoms with E-state index in [1.54, 1.807) is 0 Å². The first-order valence-electron chi connectivity index (χ1n) is 6.06. The normalized spacial score (nSPS) is 16.3. The van der Waals surface area contributed by atoms with Crippen LogP contribution in [0.1, 0.15) is 26.4 Å². The van der Waals surface area contributed by atoms with Crippen molar-refractivity contribution in [3.05, 3.63) is 51.5 Å². The van der Waals surface area contributed by atoms with Gasteiger partial charge in [-0.05, 0) is 35.9 Å². The van der Waals surface area contributed by atoms with Crippen molar-refractivity contribution in [2.45, 2.75) is 24.0 Å². The highest BCUT2D eigenvalue weighted by Crippen LogP contribution is 2.37. The Labute approximate surface area is 121 Å². The Bertz CT molecular complexity index is 500. The minimum Gasteiger partial charge on any atom is -0.261 e. The molecule has 3 rings (SSSR count). The van der Waals surface area contributed by atoms with Crippen LogP contribution in [-0.2, 0) is 18.6 Å². The van der Waals surface area contributed by atoms with Gasteiger partial charge in [-0.15, -0.1) is 22.9 Å². The molecule has 0 bridgehead atoms. The summed E-state index contributed by atoms with van der Waals surface area (Å²) in [4.78, 5) is 7.18. The highest BCUT2D eigenvalue weighted by atomic mass is 35.5. The van der Waals surface area contributed by atoms with E-state index in [0.717, 1.165) is 17.9 Å². The molecule has 0 saturated carbocycles. The van der Waals surface area contributed by atoms with Crippen LogP contribution in [0, 0.1) is 0 Å². The summed E-state index contributed by atoms with van der Waals surface area (Å²) >= 11 is 10.4. The Morgan fingerprint density at radius 3 is 3.11 bits per heavy atom. The van der Waals surface area contributed by atoms with Gasteiger partial charge in [-0.2, -0.15) is 11.8 Å². The zero-order chi connectivity index (χ0) is 12.4. The van der Waals surface area contributed by atoms with E-state index in [1.165, 1.54) is 27.5 Å². The Hall–Kier alpha value is -0.510. The molecule has 94 valence electrons. The third-order valence-electron chi connectivity index (χ3n) is 3.07. The third-order valence-corrected chi connectivity index (χ3v) is 5.95. The fraction of sp³-hybridized carbons (Fsp3) is 0.357. The van der Waals surface area contributed by atoms with Gasteiger partial charge in [0.1, 0.15) is 0 Å². The van der Waals surface area contributed by atoms with Crippen LogP contribution in [0.15, 0.2) is 30.5 Å². The lowest BCUT2D eigenvalue weighted by molar-refractivity contribution is 0.895. The minimum atomic E-state index is 0.0560. The van der Waals surface area contributed by atoms with Crippen molar-refractivity contribution in [2.75, 3.05) is 5.75 Å². The van der Waals surface area contributed by atoms with Crippen LogP contribution in [0.25, 0.3) is 0 Å². The van der Waals surface area contributed by atoms with Crippen molar-refractivity contribution in [1.29, 1.82) is 0 Å². The van der Waals surface area contributed by atoms with Gasteiger partial charge in [-0.25, -0.2) is 0 Å². The summed E-state index contributed by atoms with van der Waals surface area (Å²) in [7, 11) is 0. The molecule has 1 atom stereocenters. The lowest BCUT2D eigenvalue weighted by atomic mass is 10.1. The molecule has 0 aliphatic carbocycles. The molecule has 1 unspecified atom stereocenters. The van der Waals surface area contributed by atoms with Crippen molar-refractivity contribution >= 4 is 34.7 Å². The van der Waals surface area contributed by atoms with Gasteiger partial charge in [0.25, 0.3) is 0 Å². The lowest BCUT2D eigenvalue weighted by Crippen LogP contribution is -1.96. The number of halogens is 1. The molecule has 0 radical (unpaired) electrons. The number of hydrogen-bond acceptors (Lipinski definition) is 3. The zero-order valence-electron chi connectivity index (χ0n) is 9.93. The molecule has 4 heteroatoms. The Balaban J connectivity index is 1.76. The highest BCUT2D eigenvalue weighted by molar-refractivity contribution is 7.98. The number of rotatable bonds is 3. The maximum absolute atomic E-state index is 6.52. The number of hydrogen-bond donors (Lipinski definition) is 0. The van der Waals surface area contributed by atoms with E-state index in [4.69, 9.17) is 11.6 Å². The summed E-state index contributed by atoms with van der Waals surface area (Å²) in [6.45, 7) is 0. The number of pyridine rings is 1. The van der Waals surface area contributed by atoms with E-state index < -0.39 is 0 Å². The molecule has 0 N–H and O–H groups in total. The van der Waals surface area contributed by atoms with Crippen LogP contribution in [0.2, 0.25) is 0 Å². The fourth-order valence-electron chi connectivity index (χ4n) is 2.13. The molecule has 2 aromatic heterocycles. The summed E-state index contributed by atoms with van der Waals surface area (Å²) in [6.07, 6.45) is 3.85. The summed E-state index contributed by atoms with van der Waals surface area (Å²) in [5.74, 6) is 2.40. The molecule has 18 heavy (non-hydrogen) atoms. The SMILES string of the molecule is ClC(Cc1ccccn1)c1cc2c(s1)CCSC2. The Morgan fingerprint density at radius 2 is 2.33 bits per heavy atom. The van der Waals surface area contributed by atoms with Crippen LogP contribution < -0.4 is 0 Å². The van der Waals surface area contributed by atoms with E-state index >= 15 is 0 Å². The number of fused-ring (bicyclic) bond motifs is 1. The number of aryl methyl sites for hydroxylation is 1. The molecule has 0 aromatic carbocycles. The van der Waals surface area contributed by atoms with Crippen molar-refractivity contribution < 1.29 is 0 Å². The highest BCUT2D eigenvalue weighted by Gasteiger charge is 2.18. The van der Waals surface area contributed by atoms with E-state index in [0.29, 0.717) is 0 Å². The van der Waals surface area contributed by atoms with E-state index in [1.807, 2.05) is 47.5 Å². The van der Waals surface area contributed by atoms with Gasteiger partial charge in [-0.1, -0.05) is 6.07 Å². The van der Waals surface area contributed by atoms with Crippen LogP contribution >= 0.6 is 34.7 Å². The number of thioether (sulfide) groups is 1. The molecule has 0 fully saturated rings. The predicted octanol–water partition coefficient (Wildman–Crippen LogP) is 4.46. The maximum Gasteiger partial charge on any atom is 0.0734 e. The van der Waals surface area contributed by atoms with Crippen LogP contribution in [-0.4, -0.2) is 10.7 Å². The number of nitrogens with zero attached hydrogens (tertiary/aromatic N) is 1. The molecule has 1 aliphatic rings. The molecular formula is C14H14ClNS2. The maximum atomic E-state index is 6.52. The second-order valence-electron chi connectivity index (χ2n) is 4.39. The number of thiophene rings is 1. The first-order valence-corrected chi connectivity index (χ1v) is 8.47. The lowest BCUT2D eigenvalue weighted by Gasteiger charge is -2.08. The first kappa shape index (κ1) is 12.5. The van der Waals surface area contributed by atoms with E-state index in [9.17, 15) is 0 Å². The molecule has 0 amide bonds. The molecule has 1 nitrogen and oxygen atoms in total. The molecule has 0 spiro atoms. The predicted molar refractivity (Wildman–Crippen MR) is 80.7 cm³/mol. The molecule has 1 aliphatic heterocycles. The fourth-order valence-corrected chi connectivity index (χ4v) is 4.84. The summed E-state index contributed by atoms with van der Waals surface area (Å²) in [6, 6.07) is 8.29. The summed E-state index contributed by atoms with van der Waals surface area (Å²) in [5, 5.41) is 0.0560. The zero-order valence-corrected chi connectivity index (χ0v) is 12.3. The quantitative estimate of drug-likeness (QED) is 0.776. The van der Waals surface area contributed by atoms with Gasteiger partial charge in [-0.3, -0.25) is 4.98 Å². The minimum absolute atomic E-state index is 0.0560. The van der Waals surface area contributed by atoms with Crippen LogP contribution in [0.3, 0.4) is 0 Å². The second-order valence-corrected chi connectivity index (χ2v) is 7.19. The third kappa shape index (κ3) is 2.73. The molecule has 2 aromatic rings. The average Bonchev–Trinajstić information content (AvgIpc) is 2.84. The summed E-state index contributed by atoms with van der Waals surface area (Å²) in [5.41, 5.74) is 2.57. The summed E-state index contributed by atoms with van der Waals surface area (Å²) < 4.78 is 0. The van der Waals surface area contributed by atoms with Crippen molar-refractivity contribution in [3.8, 4) is 0 Å². The number of aromatic nitrogens is 1. The largest absolute Gasteiger partial charge is 0.261 e. The van der Waals surface area contributed by atoms with Crippen molar-refractivity contribution in [1.82, 2.24) is 4.98 Å². The molecule has 3 heterocycles.